The van der Waals surface area contributed by atoms with E-state index in [-0.39, 0.29) is 0 Å². The van der Waals surface area contributed by atoms with Gasteiger partial charge in [-0.05, 0) is 23.8 Å². The first-order chi connectivity index (χ1) is 9.20. The van der Waals surface area contributed by atoms with E-state index >= 15 is 0 Å². The van der Waals surface area contributed by atoms with E-state index in [1.54, 1.807) is 18.2 Å². The molecule has 4 nitrogen and oxygen atoms in total. The largest absolute Gasteiger partial charge is 0.398 e. The topological polar surface area (TPSA) is 82.1 Å². The maximum absolute atomic E-state index is 10.0. The Labute approximate surface area is 112 Å². The van der Waals surface area contributed by atoms with Gasteiger partial charge in [0.1, 0.15) is 6.07 Å². The molecule has 0 bridgehead atoms. The number of aliphatic hydroxyl groups excluding tert-OH is 1. The van der Waals surface area contributed by atoms with Crippen LogP contribution < -0.4 is 11.1 Å². The van der Waals surface area contributed by atoms with Crippen molar-refractivity contribution in [2.24, 2.45) is 0 Å². The van der Waals surface area contributed by atoms with Crippen molar-refractivity contribution in [3.8, 4) is 6.07 Å². The molecule has 0 spiro atoms. The number of aliphatic hydroxyl groups is 1. The minimum Gasteiger partial charge on any atom is -0.398 e. The van der Waals surface area contributed by atoms with Crippen LogP contribution >= 0.6 is 0 Å². The Hall–Kier alpha value is -2.51. The van der Waals surface area contributed by atoms with Crippen LogP contribution in [-0.4, -0.2) is 11.7 Å². The first kappa shape index (κ1) is 12.9. The molecule has 4 heteroatoms. The minimum atomic E-state index is -0.593. The molecule has 2 aromatic carbocycles. The van der Waals surface area contributed by atoms with Crippen LogP contribution in [0.15, 0.2) is 48.5 Å². The van der Waals surface area contributed by atoms with E-state index in [0.717, 1.165) is 11.3 Å². The number of nitrogens with zero attached hydrogens (tertiary/aromatic N) is 1. The van der Waals surface area contributed by atoms with Crippen molar-refractivity contribution < 1.29 is 5.11 Å². The normalized spacial score (nSPS) is 11.6. The highest BCUT2D eigenvalue weighted by atomic mass is 16.3. The second-order valence-electron chi connectivity index (χ2n) is 4.22. The number of nitriles is 1. The number of hydrogen-bond acceptors (Lipinski definition) is 4. The summed E-state index contributed by atoms with van der Waals surface area (Å²) >= 11 is 0. The molecule has 0 aliphatic carbocycles. The average Bonchev–Trinajstić information content (AvgIpc) is 2.47. The molecule has 0 aromatic heterocycles. The van der Waals surface area contributed by atoms with Crippen LogP contribution in [0.1, 0.15) is 17.2 Å². The average molecular weight is 253 g/mol. The molecule has 0 aliphatic heterocycles. The van der Waals surface area contributed by atoms with Crippen molar-refractivity contribution >= 4 is 11.4 Å². The van der Waals surface area contributed by atoms with Crippen molar-refractivity contribution in [3.05, 3.63) is 59.7 Å². The highest BCUT2D eigenvalue weighted by Gasteiger charge is 2.07. The zero-order valence-corrected chi connectivity index (χ0v) is 10.4. The van der Waals surface area contributed by atoms with Gasteiger partial charge in [0.15, 0.2) is 0 Å². The van der Waals surface area contributed by atoms with Gasteiger partial charge < -0.3 is 16.2 Å². The van der Waals surface area contributed by atoms with Crippen molar-refractivity contribution in [1.82, 2.24) is 0 Å². The molecule has 1 atom stereocenters. The minimum absolute atomic E-state index is 0.374. The summed E-state index contributed by atoms with van der Waals surface area (Å²) in [5.41, 5.74) is 8.15. The Morgan fingerprint density at radius 1 is 1.21 bits per heavy atom. The number of rotatable bonds is 4. The number of anilines is 2. The van der Waals surface area contributed by atoms with E-state index in [1.165, 1.54) is 0 Å². The van der Waals surface area contributed by atoms with Gasteiger partial charge in [-0.25, -0.2) is 0 Å². The second kappa shape index (κ2) is 5.89. The lowest BCUT2D eigenvalue weighted by atomic mass is 10.1. The predicted octanol–water partition coefficient (Wildman–Crippen LogP) is 2.29. The van der Waals surface area contributed by atoms with E-state index in [1.807, 2.05) is 36.4 Å². The quantitative estimate of drug-likeness (QED) is 0.730. The van der Waals surface area contributed by atoms with Crippen LogP contribution in [0.25, 0.3) is 0 Å². The highest BCUT2D eigenvalue weighted by Crippen LogP contribution is 2.18. The molecule has 0 amide bonds. The maximum Gasteiger partial charge on any atom is 0.101 e. The number of nitrogens with two attached hydrogens (primary N) is 1. The summed E-state index contributed by atoms with van der Waals surface area (Å²) in [5.74, 6) is 0. The van der Waals surface area contributed by atoms with Gasteiger partial charge in [0.25, 0.3) is 0 Å². The number of nitrogens with one attached hydrogen (secondary N) is 1. The van der Waals surface area contributed by atoms with Crippen molar-refractivity contribution in [3.63, 3.8) is 0 Å². The first-order valence-electron chi connectivity index (χ1n) is 5.97. The van der Waals surface area contributed by atoms with Gasteiger partial charge in [0.05, 0.1) is 11.7 Å². The number of hydrogen-bond donors (Lipinski definition) is 3. The van der Waals surface area contributed by atoms with Gasteiger partial charge in [-0.2, -0.15) is 5.26 Å². The Balaban J connectivity index is 2.01. The standard InChI is InChI=1S/C15H15N3O/c16-9-12-8-13(6-7-14(12)17)18-10-15(19)11-4-2-1-3-5-11/h1-8,15,18-19H,10,17H2. The lowest BCUT2D eigenvalue weighted by Crippen LogP contribution is -2.12. The molecule has 96 valence electrons. The van der Waals surface area contributed by atoms with Crippen molar-refractivity contribution in [2.75, 3.05) is 17.6 Å². The molecule has 0 radical (unpaired) electrons. The van der Waals surface area contributed by atoms with E-state index in [0.29, 0.717) is 17.8 Å². The Kier molecular flexibility index (Phi) is 4.01. The number of nitrogen functional groups attached to an aromatic ring is 1. The summed E-state index contributed by atoms with van der Waals surface area (Å²) in [4.78, 5) is 0. The molecule has 1 unspecified atom stereocenters. The van der Waals surface area contributed by atoms with Crippen LogP contribution in [0.4, 0.5) is 11.4 Å². The van der Waals surface area contributed by atoms with Gasteiger partial charge in [-0.15, -0.1) is 0 Å². The van der Waals surface area contributed by atoms with E-state index in [2.05, 4.69) is 5.32 Å². The van der Waals surface area contributed by atoms with Crippen molar-refractivity contribution in [1.29, 1.82) is 5.26 Å². The molecule has 0 saturated carbocycles. The third-order valence-corrected chi connectivity index (χ3v) is 2.86. The fourth-order valence-electron chi connectivity index (χ4n) is 1.77. The smallest absolute Gasteiger partial charge is 0.101 e. The third-order valence-electron chi connectivity index (χ3n) is 2.86. The SMILES string of the molecule is N#Cc1cc(NCC(O)c2ccccc2)ccc1N. The third kappa shape index (κ3) is 3.24. The summed E-state index contributed by atoms with van der Waals surface area (Å²) in [6.45, 7) is 0.374. The fraction of sp³-hybridized carbons (Fsp3) is 0.133. The molecule has 4 N–H and O–H groups in total. The van der Waals surface area contributed by atoms with E-state index < -0.39 is 6.10 Å². The fourth-order valence-corrected chi connectivity index (χ4v) is 1.77. The van der Waals surface area contributed by atoms with Crippen LogP contribution in [0.2, 0.25) is 0 Å². The van der Waals surface area contributed by atoms with Crippen LogP contribution in [0.3, 0.4) is 0 Å². The Morgan fingerprint density at radius 3 is 2.63 bits per heavy atom. The van der Waals surface area contributed by atoms with Gasteiger partial charge in [-0.3, -0.25) is 0 Å². The lowest BCUT2D eigenvalue weighted by Gasteiger charge is -2.13. The van der Waals surface area contributed by atoms with Crippen LogP contribution in [0, 0.1) is 11.3 Å². The second-order valence-corrected chi connectivity index (χ2v) is 4.22. The molecular formula is C15H15N3O. The molecule has 2 rings (SSSR count). The van der Waals surface area contributed by atoms with E-state index in [9.17, 15) is 5.11 Å². The van der Waals surface area contributed by atoms with Gasteiger partial charge in [0, 0.05) is 17.9 Å². The Bertz CT molecular complexity index is 590. The molecule has 0 aliphatic rings. The molecule has 0 saturated heterocycles. The first-order valence-corrected chi connectivity index (χ1v) is 5.97. The van der Waals surface area contributed by atoms with E-state index in [4.69, 9.17) is 11.0 Å². The summed E-state index contributed by atoms with van der Waals surface area (Å²) in [6, 6.07) is 16.6. The molecule has 0 heterocycles. The van der Waals surface area contributed by atoms with Gasteiger partial charge in [0.2, 0.25) is 0 Å². The molecular weight excluding hydrogens is 238 g/mol. The molecule has 0 fully saturated rings. The summed E-state index contributed by atoms with van der Waals surface area (Å²) in [5, 5.41) is 22.0. The highest BCUT2D eigenvalue weighted by molar-refractivity contribution is 5.61. The zero-order chi connectivity index (χ0) is 13.7. The van der Waals surface area contributed by atoms with Gasteiger partial charge in [-0.1, -0.05) is 30.3 Å². The monoisotopic (exact) mass is 253 g/mol. The summed E-state index contributed by atoms with van der Waals surface area (Å²) < 4.78 is 0. The van der Waals surface area contributed by atoms with Crippen LogP contribution in [0.5, 0.6) is 0 Å². The Morgan fingerprint density at radius 2 is 1.95 bits per heavy atom. The zero-order valence-electron chi connectivity index (χ0n) is 10.4. The maximum atomic E-state index is 10.0. The molecule has 2 aromatic rings. The van der Waals surface area contributed by atoms with Crippen molar-refractivity contribution in [2.45, 2.75) is 6.10 Å². The number of benzene rings is 2. The summed E-state index contributed by atoms with van der Waals surface area (Å²) in [6.07, 6.45) is -0.593. The van der Waals surface area contributed by atoms with Gasteiger partial charge >= 0.3 is 0 Å². The molecule has 19 heavy (non-hydrogen) atoms. The lowest BCUT2D eigenvalue weighted by molar-refractivity contribution is 0.191. The predicted molar refractivity (Wildman–Crippen MR) is 75.5 cm³/mol. The summed E-state index contributed by atoms with van der Waals surface area (Å²) in [7, 11) is 0. The van der Waals surface area contributed by atoms with Crippen LogP contribution in [-0.2, 0) is 0 Å².